The number of ether oxygens (including phenoxy) is 2. The van der Waals surface area contributed by atoms with Gasteiger partial charge < -0.3 is 20.9 Å². The van der Waals surface area contributed by atoms with Crippen molar-refractivity contribution >= 4 is 29.6 Å². The fourth-order valence-corrected chi connectivity index (χ4v) is 4.75. The number of nitrogen functional groups attached to an aromatic ring is 1. The summed E-state index contributed by atoms with van der Waals surface area (Å²) in [5.74, 6) is -1.35. The van der Waals surface area contributed by atoms with Crippen LogP contribution in [0.15, 0.2) is 24.3 Å². The number of anilines is 2. The smallest absolute Gasteiger partial charge is 0.383 e. The Bertz CT molecular complexity index is 1300. The van der Waals surface area contributed by atoms with Gasteiger partial charge in [-0.05, 0) is 30.3 Å². The number of nitrogens with one attached hydrogen (secondary N) is 1. The van der Waals surface area contributed by atoms with Crippen LogP contribution in [0, 0.1) is 5.82 Å². The summed E-state index contributed by atoms with van der Waals surface area (Å²) < 4.78 is 64.1. The molecule has 2 unspecified atom stereocenters. The molecule has 9 nitrogen and oxygen atoms in total. The number of alkyl halides is 2. The molecule has 37 heavy (non-hydrogen) atoms. The summed E-state index contributed by atoms with van der Waals surface area (Å²) in [4.78, 5) is 25.0. The summed E-state index contributed by atoms with van der Waals surface area (Å²) in [5, 5.41) is 3.13. The number of nitrogens with two attached hydrogens (primary N) is 1. The number of aromatic nitrogens is 2. The van der Waals surface area contributed by atoms with Gasteiger partial charge in [0.2, 0.25) is 11.9 Å². The summed E-state index contributed by atoms with van der Waals surface area (Å²) >= 11 is 0. The van der Waals surface area contributed by atoms with Crippen LogP contribution in [0.3, 0.4) is 0 Å². The van der Waals surface area contributed by atoms with Gasteiger partial charge in [-0.25, -0.2) is 13.8 Å². The summed E-state index contributed by atoms with van der Waals surface area (Å²) in [6, 6.07) is 5.79. The molecular weight excluding hydrogens is 496 g/mol. The van der Waals surface area contributed by atoms with Crippen molar-refractivity contribution < 1.29 is 31.8 Å². The number of fused-ring (bicyclic) bond motifs is 2. The Morgan fingerprint density at radius 3 is 2.54 bits per heavy atom. The highest BCUT2D eigenvalue weighted by Crippen LogP contribution is 2.36. The Kier molecular flexibility index (Phi) is 6.77. The minimum atomic E-state index is -3.92. The Balaban J connectivity index is 1.28. The number of nitrogens with zero attached hydrogens (tertiary/aromatic N) is 4. The highest BCUT2D eigenvalue weighted by molar-refractivity contribution is 5.77. The molecule has 3 heterocycles. The lowest BCUT2D eigenvalue weighted by Gasteiger charge is -2.35. The largest absolute Gasteiger partial charge is 0.486 e. The van der Waals surface area contributed by atoms with Crippen molar-refractivity contribution in [3.05, 3.63) is 46.2 Å². The van der Waals surface area contributed by atoms with E-state index >= 15 is 4.39 Å². The number of hydrogen-bond donors (Lipinski definition) is 2. The monoisotopic (exact) mass is 522 g/mol. The first-order valence-electron chi connectivity index (χ1n) is 12.0. The maximum atomic E-state index is 15.0. The SMILES string of the molecule is CCN[C@H](CC(=O)N1CCN(c2nc(N)c3c(n2)=C(F)C2OC(F)(F)OC2C=3)CC1)c1ccc(F)cc1. The van der Waals surface area contributed by atoms with Crippen molar-refractivity contribution in [1.82, 2.24) is 20.2 Å². The molecule has 0 radical (unpaired) electrons. The number of amides is 1. The molecule has 198 valence electrons. The van der Waals surface area contributed by atoms with Gasteiger partial charge >= 0.3 is 6.29 Å². The first kappa shape index (κ1) is 25.4. The van der Waals surface area contributed by atoms with E-state index in [0.29, 0.717) is 32.7 Å². The van der Waals surface area contributed by atoms with Crippen molar-refractivity contribution in [2.75, 3.05) is 43.4 Å². The minimum absolute atomic E-state index is 0.0693. The van der Waals surface area contributed by atoms with E-state index in [1.54, 1.807) is 21.9 Å². The highest BCUT2D eigenvalue weighted by atomic mass is 19.3. The van der Waals surface area contributed by atoms with Crippen LogP contribution in [0.5, 0.6) is 0 Å². The zero-order chi connectivity index (χ0) is 26.3. The number of hydrogen-bond acceptors (Lipinski definition) is 8. The molecule has 2 fully saturated rings. The highest BCUT2D eigenvalue weighted by Gasteiger charge is 2.52. The van der Waals surface area contributed by atoms with Gasteiger partial charge in [-0.2, -0.15) is 4.98 Å². The van der Waals surface area contributed by atoms with Crippen LogP contribution in [0.1, 0.15) is 24.9 Å². The van der Waals surface area contributed by atoms with Crippen LogP contribution >= 0.6 is 0 Å². The van der Waals surface area contributed by atoms with E-state index in [9.17, 15) is 18.0 Å². The molecule has 3 atom stereocenters. The molecule has 2 saturated heterocycles. The van der Waals surface area contributed by atoms with Crippen molar-refractivity contribution in [3.63, 3.8) is 0 Å². The molecule has 0 saturated carbocycles. The number of carbonyl (C=O) groups is 1. The topological polar surface area (TPSA) is 106 Å². The van der Waals surface area contributed by atoms with Gasteiger partial charge in [0.1, 0.15) is 23.1 Å². The van der Waals surface area contributed by atoms with Gasteiger partial charge in [-0.1, -0.05) is 19.1 Å². The van der Waals surface area contributed by atoms with Crippen LogP contribution in [0.2, 0.25) is 0 Å². The van der Waals surface area contributed by atoms with Gasteiger partial charge in [0.15, 0.2) is 11.9 Å². The molecule has 1 amide bonds. The fourth-order valence-electron chi connectivity index (χ4n) is 4.75. The second-order valence-corrected chi connectivity index (χ2v) is 9.00. The van der Waals surface area contributed by atoms with Gasteiger partial charge in [-0.15, -0.1) is 8.78 Å². The van der Waals surface area contributed by atoms with Crippen LogP contribution in [0.25, 0.3) is 11.9 Å². The molecule has 1 aromatic heterocycles. The number of halogens is 4. The minimum Gasteiger partial charge on any atom is -0.383 e. The Morgan fingerprint density at radius 2 is 1.86 bits per heavy atom. The molecule has 0 bridgehead atoms. The van der Waals surface area contributed by atoms with Gasteiger partial charge in [0, 0.05) is 43.9 Å². The average molecular weight is 523 g/mol. The molecule has 13 heteroatoms. The average Bonchev–Trinajstić information content (AvgIpc) is 3.19. The lowest BCUT2D eigenvalue weighted by molar-refractivity contribution is -0.346. The summed E-state index contributed by atoms with van der Waals surface area (Å²) in [7, 11) is 0. The molecule has 1 aliphatic carbocycles. The van der Waals surface area contributed by atoms with Crippen molar-refractivity contribution in [1.29, 1.82) is 0 Å². The maximum Gasteiger partial charge on any atom is 0.486 e. The quantitative estimate of drug-likeness (QED) is 0.537. The molecule has 2 aromatic rings. The van der Waals surface area contributed by atoms with Crippen LogP contribution < -0.4 is 26.5 Å². The first-order valence-corrected chi connectivity index (χ1v) is 12.0. The maximum absolute atomic E-state index is 15.0. The predicted molar refractivity (Wildman–Crippen MR) is 126 cm³/mol. The molecule has 1 aromatic carbocycles. The van der Waals surface area contributed by atoms with E-state index in [1.165, 1.54) is 18.2 Å². The third-order valence-corrected chi connectivity index (χ3v) is 6.62. The van der Waals surface area contributed by atoms with Crippen molar-refractivity contribution in [3.8, 4) is 0 Å². The van der Waals surface area contributed by atoms with E-state index in [2.05, 4.69) is 24.8 Å². The van der Waals surface area contributed by atoms with Crippen LogP contribution in [0.4, 0.5) is 29.3 Å². The fraction of sp³-hybridized carbons (Fsp3) is 0.458. The Morgan fingerprint density at radius 1 is 1.16 bits per heavy atom. The number of carbonyl (C=O) groups excluding carboxylic acids is 1. The lowest BCUT2D eigenvalue weighted by atomic mass is 10.0. The Labute approximate surface area is 209 Å². The predicted octanol–water partition coefficient (Wildman–Crippen LogP) is 0.794. The van der Waals surface area contributed by atoms with Gasteiger partial charge in [0.25, 0.3) is 0 Å². The molecule has 5 rings (SSSR count). The lowest BCUT2D eigenvalue weighted by Crippen LogP contribution is -2.51. The van der Waals surface area contributed by atoms with E-state index in [-0.39, 0.29) is 46.5 Å². The molecule has 2 aliphatic heterocycles. The van der Waals surface area contributed by atoms with E-state index in [4.69, 9.17) is 5.73 Å². The van der Waals surface area contributed by atoms with Crippen molar-refractivity contribution in [2.45, 2.75) is 37.9 Å². The van der Waals surface area contributed by atoms with E-state index in [1.807, 2.05) is 6.92 Å². The number of benzene rings is 1. The van der Waals surface area contributed by atoms with Gasteiger partial charge in [-0.3, -0.25) is 14.3 Å². The molecule has 0 spiro atoms. The van der Waals surface area contributed by atoms with Gasteiger partial charge in [0.05, 0.1) is 0 Å². The summed E-state index contributed by atoms with van der Waals surface area (Å²) in [5.41, 5.74) is 6.84. The van der Waals surface area contributed by atoms with E-state index < -0.39 is 24.3 Å². The zero-order valence-corrected chi connectivity index (χ0v) is 20.0. The third-order valence-electron chi connectivity index (χ3n) is 6.62. The Hall–Kier alpha value is -3.29. The number of piperazine rings is 1. The normalized spacial score (nSPS) is 23.3. The third kappa shape index (κ3) is 5.11. The van der Waals surface area contributed by atoms with Crippen LogP contribution in [-0.4, -0.2) is 72.0 Å². The summed E-state index contributed by atoms with van der Waals surface area (Å²) in [6.45, 7) is 4.03. The molecular formula is C24H26F4N6O3. The van der Waals surface area contributed by atoms with Crippen LogP contribution in [-0.2, 0) is 14.3 Å². The summed E-state index contributed by atoms with van der Waals surface area (Å²) in [6.07, 6.45) is -5.43. The standard InChI is InChI=1S/C24H26F4N6O3/c1-2-30-16(13-3-5-14(25)6-4-13)12-18(35)33-7-9-34(10-8-33)23-31-20-15(22(29)32-23)11-17-21(19(20)26)37-24(27,28)36-17/h3-6,11,16-17,21,30H,2,7-10,12H2,1H3,(H2,29,31,32)/t16-,17?,21?/m1/s1. The second kappa shape index (κ2) is 9.88. The molecule has 3 aliphatic rings. The molecule has 3 N–H and O–H groups in total. The number of rotatable bonds is 6. The van der Waals surface area contributed by atoms with E-state index in [0.717, 1.165) is 5.56 Å². The second-order valence-electron chi connectivity index (χ2n) is 9.00. The zero-order valence-electron chi connectivity index (χ0n) is 20.0. The van der Waals surface area contributed by atoms with Crippen molar-refractivity contribution in [2.24, 2.45) is 0 Å². The first-order chi connectivity index (χ1) is 17.6.